The Kier molecular flexibility index (Phi) is 11.3. The van der Waals surface area contributed by atoms with Crippen molar-refractivity contribution in [3.8, 4) is 0 Å². The number of hydrogen-bond donors (Lipinski definition) is 3. The van der Waals surface area contributed by atoms with E-state index in [0.29, 0.717) is 33.0 Å². The molecule has 25 heavy (non-hydrogen) atoms. The number of rotatable bonds is 13. The number of likely N-dealkylation sites (N-methyl/N-ethyl adjacent to an activating group) is 2. The monoisotopic (exact) mass is 361 g/mol. The van der Waals surface area contributed by atoms with E-state index < -0.39 is 12.1 Å². The van der Waals surface area contributed by atoms with Crippen LogP contribution in [0, 0.1) is 0 Å². The molecule has 0 saturated carbocycles. The first-order valence-electron chi connectivity index (χ1n) is 8.73. The van der Waals surface area contributed by atoms with Crippen molar-refractivity contribution in [1.29, 1.82) is 0 Å². The summed E-state index contributed by atoms with van der Waals surface area (Å²) in [5.41, 5.74) is 0. The van der Waals surface area contributed by atoms with E-state index in [1.54, 1.807) is 0 Å². The zero-order valence-electron chi connectivity index (χ0n) is 15.2. The van der Waals surface area contributed by atoms with Crippen LogP contribution in [0.15, 0.2) is 0 Å². The molecule has 0 radical (unpaired) electrons. The van der Waals surface area contributed by atoms with Crippen molar-refractivity contribution < 1.29 is 28.9 Å². The van der Waals surface area contributed by atoms with Crippen LogP contribution in [0.2, 0.25) is 0 Å². The average Bonchev–Trinajstić information content (AvgIpc) is 2.98. The van der Waals surface area contributed by atoms with Gasteiger partial charge in [0.25, 0.3) is 0 Å². The minimum atomic E-state index is -0.678. The molecule has 2 unspecified atom stereocenters. The molecule has 2 amide bonds. The van der Waals surface area contributed by atoms with Gasteiger partial charge in [-0.3, -0.25) is 9.59 Å². The maximum atomic E-state index is 12.2. The van der Waals surface area contributed by atoms with E-state index in [1.165, 1.54) is 4.90 Å². The quantitative estimate of drug-likeness (QED) is 0.337. The SMILES string of the molecule is CCNC(=O)C1CC(O)CN1C(=O)COCCOCCOCCNC. The number of hydrogen-bond acceptors (Lipinski definition) is 7. The van der Waals surface area contributed by atoms with Crippen molar-refractivity contribution in [1.82, 2.24) is 15.5 Å². The van der Waals surface area contributed by atoms with Gasteiger partial charge < -0.3 is 34.9 Å². The Hall–Kier alpha value is -1.26. The van der Waals surface area contributed by atoms with E-state index >= 15 is 0 Å². The number of aliphatic hydroxyl groups is 1. The van der Waals surface area contributed by atoms with E-state index in [0.717, 1.165) is 6.54 Å². The standard InChI is InChI=1S/C16H31N3O6/c1-3-18-16(22)14-10-13(20)11-19(14)15(21)12-25-9-8-24-7-6-23-5-4-17-2/h13-14,17,20H,3-12H2,1-2H3,(H,18,22). The Labute approximate surface area is 149 Å². The summed E-state index contributed by atoms with van der Waals surface area (Å²) in [6, 6.07) is -0.628. The molecule has 1 aliphatic heterocycles. The van der Waals surface area contributed by atoms with Gasteiger partial charge in [-0.15, -0.1) is 0 Å². The first-order valence-corrected chi connectivity index (χ1v) is 8.73. The minimum Gasteiger partial charge on any atom is -0.391 e. The fourth-order valence-electron chi connectivity index (χ4n) is 2.49. The molecule has 0 aromatic heterocycles. The summed E-state index contributed by atoms with van der Waals surface area (Å²) in [6.45, 7) is 5.39. The van der Waals surface area contributed by atoms with Gasteiger partial charge in [0, 0.05) is 26.1 Å². The topological polar surface area (TPSA) is 109 Å². The molecule has 1 aliphatic rings. The third-order valence-corrected chi connectivity index (χ3v) is 3.72. The van der Waals surface area contributed by atoms with Crippen molar-refractivity contribution in [2.24, 2.45) is 0 Å². The molecule has 0 aliphatic carbocycles. The summed E-state index contributed by atoms with van der Waals surface area (Å²) in [4.78, 5) is 25.5. The van der Waals surface area contributed by atoms with Crippen molar-refractivity contribution in [2.45, 2.75) is 25.5 Å². The summed E-state index contributed by atoms with van der Waals surface area (Å²) < 4.78 is 15.9. The smallest absolute Gasteiger partial charge is 0.249 e. The zero-order valence-corrected chi connectivity index (χ0v) is 15.2. The molecule has 2 atom stereocenters. The van der Waals surface area contributed by atoms with Gasteiger partial charge in [0.2, 0.25) is 11.8 Å². The first kappa shape index (κ1) is 21.8. The Morgan fingerprint density at radius 3 is 2.40 bits per heavy atom. The predicted octanol–water partition coefficient (Wildman–Crippen LogP) is -1.65. The molecule has 1 heterocycles. The van der Waals surface area contributed by atoms with Crippen molar-refractivity contribution >= 4 is 11.8 Å². The van der Waals surface area contributed by atoms with Crippen LogP contribution in [0.3, 0.4) is 0 Å². The Morgan fingerprint density at radius 2 is 1.76 bits per heavy atom. The number of nitrogens with zero attached hydrogens (tertiary/aromatic N) is 1. The van der Waals surface area contributed by atoms with Crippen molar-refractivity contribution in [2.75, 3.05) is 66.3 Å². The number of likely N-dealkylation sites (tertiary alicyclic amines) is 1. The predicted molar refractivity (Wildman–Crippen MR) is 91.2 cm³/mol. The number of β-amino-alcohol motifs (C(OH)–C–C–N with tert-alkyl or cyclic N) is 1. The zero-order chi connectivity index (χ0) is 18.5. The minimum absolute atomic E-state index is 0.134. The van der Waals surface area contributed by atoms with E-state index in [1.807, 2.05) is 14.0 Å². The van der Waals surface area contributed by atoms with Gasteiger partial charge in [-0.1, -0.05) is 0 Å². The highest BCUT2D eigenvalue weighted by Crippen LogP contribution is 2.18. The van der Waals surface area contributed by atoms with Gasteiger partial charge in [0.1, 0.15) is 12.6 Å². The maximum absolute atomic E-state index is 12.2. The van der Waals surface area contributed by atoms with Gasteiger partial charge in [-0.25, -0.2) is 0 Å². The van der Waals surface area contributed by atoms with Crippen LogP contribution < -0.4 is 10.6 Å². The molecule has 9 heteroatoms. The highest BCUT2D eigenvalue weighted by Gasteiger charge is 2.38. The highest BCUT2D eigenvalue weighted by molar-refractivity contribution is 5.88. The van der Waals surface area contributed by atoms with Crippen LogP contribution in [0.4, 0.5) is 0 Å². The number of ether oxygens (including phenoxy) is 3. The summed E-state index contributed by atoms with van der Waals surface area (Å²) in [6.07, 6.45) is -0.420. The highest BCUT2D eigenvalue weighted by atomic mass is 16.5. The fourth-order valence-corrected chi connectivity index (χ4v) is 2.49. The third kappa shape index (κ3) is 8.59. The number of amides is 2. The largest absolute Gasteiger partial charge is 0.391 e. The van der Waals surface area contributed by atoms with Gasteiger partial charge >= 0.3 is 0 Å². The lowest BCUT2D eigenvalue weighted by Gasteiger charge is -2.23. The van der Waals surface area contributed by atoms with Gasteiger partial charge in [0.05, 0.1) is 39.1 Å². The molecule has 146 valence electrons. The lowest BCUT2D eigenvalue weighted by atomic mass is 10.2. The second kappa shape index (κ2) is 13.0. The second-order valence-corrected chi connectivity index (χ2v) is 5.73. The molecule has 9 nitrogen and oxygen atoms in total. The van der Waals surface area contributed by atoms with Crippen LogP contribution in [0.25, 0.3) is 0 Å². The number of aliphatic hydroxyl groups excluding tert-OH is 1. The maximum Gasteiger partial charge on any atom is 0.249 e. The van der Waals surface area contributed by atoms with Gasteiger partial charge in [0.15, 0.2) is 0 Å². The van der Waals surface area contributed by atoms with E-state index in [9.17, 15) is 14.7 Å². The van der Waals surface area contributed by atoms with E-state index in [-0.39, 0.29) is 38.0 Å². The average molecular weight is 361 g/mol. The van der Waals surface area contributed by atoms with Crippen molar-refractivity contribution in [3.05, 3.63) is 0 Å². The molecule has 1 fully saturated rings. The summed E-state index contributed by atoms with van der Waals surface area (Å²) in [5, 5.41) is 15.4. The summed E-state index contributed by atoms with van der Waals surface area (Å²) in [5.74, 6) is -0.544. The molecule has 1 saturated heterocycles. The fraction of sp³-hybridized carbons (Fsp3) is 0.875. The third-order valence-electron chi connectivity index (χ3n) is 3.72. The summed E-state index contributed by atoms with van der Waals surface area (Å²) in [7, 11) is 1.86. The number of carbonyl (C=O) groups is 2. The summed E-state index contributed by atoms with van der Waals surface area (Å²) >= 11 is 0. The number of carbonyl (C=O) groups excluding carboxylic acids is 2. The molecule has 3 N–H and O–H groups in total. The molecule has 1 rings (SSSR count). The molecule has 0 bridgehead atoms. The number of nitrogens with one attached hydrogen (secondary N) is 2. The molecular weight excluding hydrogens is 330 g/mol. The Balaban J connectivity index is 2.13. The normalized spacial score (nSPS) is 20.0. The van der Waals surface area contributed by atoms with Crippen LogP contribution in [0.5, 0.6) is 0 Å². The van der Waals surface area contributed by atoms with Crippen LogP contribution in [-0.4, -0.2) is 100 Å². The van der Waals surface area contributed by atoms with Crippen LogP contribution in [0.1, 0.15) is 13.3 Å². The van der Waals surface area contributed by atoms with Crippen LogP contribution >= 0.6 is 0 Å². The molecule has 0 aromatic rings. The molecular formula is C16H31N3O6. The Morgan fingerprint density at radius 1 is 1.12 bits per heavy atom. The van der Waals surface area contributed by atoms with Gasteiger partial charge in [-0.2, -0.15) is 0 Å². The van der Waals surface area contributed by atoms with E-state index in [4.69, 9.17) is 14.2 Å². The molecule has 0 aromatic carbocycles. The molecule has 0 spiro atoms. The first-order chi connectivity index (χ1) is 12.1. The Bertz CT molecular complexity index is 396. The lowest BCUT2D eigenvalue weighted by Crippen LogP contribution is -2.47. The lowest BCUT2D eigenvalue weighted by molar-refractivity contribution is -0.142. The van der Waals surface area contributed by atoms with Gasteiger partial charge in [-0.05, 0) is 14.0 Å². The van der Waals surface area contributed by atoms with Crippen molar-refractivity contribution in [3.63, 3.8) is 0 Å². The van der Waals surface area contributed by atoms with Crippen LogP contribution in [-0.2, 0) is 23.8 Å². The second-order valence-electron chi connectivity index (χ2n) is 5.73. The van der Waals surface area contributed by atoms with E-state index in [2.05, 4.69) is 10.6 Å².